The number of hydrogen-bond donors (Lipinski definition) is 2. The average Bonchev–Trinajstić information content (AvgIpc) is 2.50. The minimum atomic E-state index is -0.489. The molecule has 110 valence electrons. The number of amides is 1. The van der Waals surface area contributed by atoms with Crippen molar-refractivity contribution in [1.29, 1.82) is 0 Å². The third kappa shape index (κ3) is 4.85. The van der Waals surface area contributed by atoms with Crippen LogP contribution in [0.1, 0.15) is 11.1 Å². The van der Waals surface area contributed by atoms with Crippen LogP contribution in [-0.2, 0) is 17.9 Å². The fourth-order valence-corrected chi connectivity index (χ4v) is 2.05. The Hall–Kier alpha value is -1.91. The molecule has 0 fully saturated rings. The average molecular weight is 307 g/mol. The lowest BCUT2D eigenvalue weighted by atomic mass is 10.2. The van der Waals surface area contributed by atoms with Crippen LogP contribution in [0.25, 0.3) is 0 Å². The minimum absolute atomic E-state index is 0.0592. The van der Waals surface area contributed by atoms with Crippen LogP contribution >= 0.6 is 11.6 Å². The van der Waals surface area contributed by atoms with Crippen molar-refractivity contribution < 1.29 is 9.18 Å². The van der Waals surface area contributed by atoms with Crippen LogP contribution in [0.4, 0.5) is 4.39 Å². The zero-order valence-corrected chi connectivity index (χ0v) is 12.2. The number of hydrogen-bond acceptors (Lipinski definition) is 2. The fourth-order valence-electron chi connectivity index (χ4n) is 1.86. The van der Waals surface area contributed by atoms with Crippen molar-refractivity contribution in [3.63, 3.8) is 0 Å². The molecule has 0 unspecified atom stereocenters. The third-order valence-corrected chi connectivity index (χ3v) is 3.26. The summed E-state index contributed by atoms with van der Waals surface area (Å²) in [6.45, 7) is 0.912. The summed E-state index contributed by atoms with van der Waals surface area (Å²) >= 11 is 5.68. The molecule has 5 heteroatoms. The number of nitrogens with one attached hydrogen (secondary N) is 2. The molecule has 0 aliphatic rings. The van der Waals surface area contributed by atoms with Crippen LogP contribution in [0, 0.1) is 5.82 Å². The van der Waals surface area contributed by atoms with Gasteiger partial charge in [-0.05, 0) is 11.6 Å². The molecule has 3 nitrogen and oxygen atoms in total. The largest absolute Gasteiger partial charge is 0.351 e. The quantitative estimate of drug-likeness (QED) is 0.861. The molecule has 0 bridgehead atoms. The summed E-state index contributed by atoms with van der Waals surface area (Å²) < 4.78 is 13.6. The SMILES string of the molecule is O=C(CNCc1ccccc1)NCc1cccc(Cl)c1F. The summed E-state index contributed by atoms with van der Waals surface area (Å²) in [5, 5.41) is 5.74. The summed E-state index contributed by atoms with van der Waals surface area (Å²) in [6.07, 6.45) is 0. The molecular weight excluding hydrogens is 291 g/mol. The lowest BCUT2D eigenvalue weighted by Crippen LogP contribution is -2.33. The highest BCUT2D eigenvalue weighted by atomic mass is 35.5. The van der Waals surface area contributed by atoms with Crippen LogP contribution in [0.2, 0.25) is 5.02 Å². The van der Waals surface area contributed by atoms with E-state index in [1.165, 1.54) is 6.07 Å². The lowest BCUT2D eigenvalue weighted by Gasteiger charge is -2.08. The second-order valence-corrected chi connectivity index (χ2v) is 4.99. The lowest BCUT2D eigenvalue weighted by molar-refractivity contribution is -0.120. The van der Waals surface area contributed by atoms with Gasteiger partial charge >= 0.3 is 0 Å². The first kappa shape index (κ1) is 15.5. The molecule has 0 aliphatic carbocycles. The molecule has 0 aliphatic heterocycles. The number of carbonyl (C=O) groups excluding carboxylic acids is 1. The van der Waals surface area contributed by atoms with Crippen molar-refractivity contribution in [1.82, 2.24) is 10.6 Å². The Morgan fingerprint density at radius 3 is 2.57 bits per heavy atom. The van der Waals surface area contributed by atoms with Crippen LogP contribution in [0.15, 0.2) is 48.5 Å². The molecule has 0 saturated heterocycles. The molecule has 2 aromatic rings. The second kappa shape index (κ2) is 7.76. The standard InChI is InChI=1S/C16H16ClFN2O/c17-14-8-4-7-13(16(14)18)10-20-15(21)11-19-9-12-5-2-1-3-6-12/h1-8,19H,9-11H2,(H,20,21). The molecule has 2 rings (SSSR count). The first-order valence-corrected chi connectivity index (χ1v) is 6.99. The van der Waals surface area contributed by atoms with Crippen molar-refractivity contribution in [3.8, 4) is 0 Å². The number of halogens is 2. The Kier molecular flexibility index (Phi) is 5.72. The molecule has 0 heterocycles. The topological polar surface area (TPSA) is 41.1 Å². The van der Waals surface area contributed by atoms with E-state index in [9.17, 15) is 9.18 Å². The Bertz CT molecular complexity index is 604. The summed E-state index contributed by atoms with van der Waals surface area (Å²) in [7, 11) is 0. The zero-order valence-electron chi connectivity index (χ0n) is 11.4. The van der Waals surface area contributed by atoms with E-state index in [1.54, 1.807) is 12.1 Å². The number of carbonyl (C=O) groups is 1. The highest BCUT2D eigenvalue weighted by molar-refractivity contribution is 6.30. The molecule has 21 heavy (non-hydrogen) atoms. The molecule has 0 saturated carbocycles. The fraction of sp³-hybridized carbons (Fsp3) is 0.188. The van der Waals surface area contributed by atoms with Gasteiger partial charge in [-0.2, -0.15) is 0 Å². The van der Waals surface area contributed by atoms with Gasteiger partial charge in [-0.15, -0.1) is 0 Å². The Morgan fingerprint density at radius 2 is 1.81 bits per heavy atom. The van der Waals surface area contributed by atoms with Gasteiger partial charge in [0.15, 0.2) is 0 Å². The molecular formula is C16H16ClFN2O. The van der Waals surface area contributed by atoms with Gasteiger partial charge in [-0.1, -0.05) is 54.1 Å². The van der Waals surface area contributed by atoms with E-state index in [1.807, 2.05) is 30.3 Å². The maximum Gasteiger partial charge on any atom is 0.234 e. The smallest absolute Gasteiger partial charge is 0.234 e. The molecule has 1 amide bonds. The Labute approximate surface area is 128 Å². The first-order valence-electron chi connectivity index (χ1n) is 6.61. The van der Waals surface area contributed by atoms with Gasteiger partial charge in [0.25, 0.3) is 0 Å². The third-order valence-electron chi connectivity index (χ3n) is 2.97. The summed E-state index contributed by atoms with van der Waals surface area (Å²) in [5.74, 6) is -0.679. The van der Waals surface area contributed by atoms with E-state index in [4.69, 9.17) is 11.6 Å². The maximum atomic E-state index is 13.6. The van der Waals surface area contributed by atoms with E-state index < -0.39 is 5.82 Å². The van der Waals surface area contributed by atoms with Crippen molar-refractivity contribution >= 4 is 17.5 Å². The van der Waals surface area contributed by atoms with Crippen molar-refractivity contribution in [2.75, 3.05) is 6.54 Å². The van der Waals surface area contributed by atoms with Gasteiger partial charge in [0, 0.05) is 18.7 Å². The van der Waals surface area contributed by atoms with Gasteiger partial charge in [-0.3, -0.25) is 4.79 Å². The predicted octanol–water partition coefficient (Wildman–Crippen LogP) is 2.89. The van der Waals surface area contributed by atoms with Crippen molar-refractivity contribution in [2.24, 2.45) is 0 Å². The second-order valence-electron chi connectivity index (χ2n) is 4.58. The molecule has 2 N–H and O–H groups in total. The molecule has 0 atom stereocenters. The van der Waals surface area contributed by atoms with Gasteiger partial charge in [-0.25, -0.2) is 4.39 Å². The Balaban J connectivity index is 1.74. The van der Waals surface area contributed by atoms with E-state index in [2.05, 4.69) is 10.6 Å². The summed E-state index contributed by atoms with van der Waals surface area (Å²) in [4.78, 5) is 11.7. The van der Waals surface area contributed by atoms with Crippen molar-refractivity contribution in [2.45, 2.75) is 13.1 Å². The molecule has 0 radical (unpaired) electrons. The van der Waals surface area contributed by atoms with Crippen LogP contribution < -0.4 is 10.6 Å². The van der Waals surface area contributed by atoms with Gasteiger partial charge in [0.2, 0.25) is 5.91 Å². The molecule has 2 aromatic carbocycles. The van der Waals surface area contributed by atoms with Crippen LogP contribution in [-0.4, -0.2) is 12.5 Å². The van der Waals surface area contributed by atoms with E-state index in [0.717, 1.165) is 5.56 Å². The van der Waals surface area contributed by atoms with Gasteiger partial charge < -0.3 is 10.6 Å². The molecule has 0 spiro atoms. The number of rotatable bonds is 6. The maximum absolute atomic E-state index is 13.6. The number of benzene rings is 2. The summed E-state index contributed by atoms with van der Waals surface area (Å²) in [6, 6.07) is 14.5. The highest BCUT2D eigenvalue weighted by Gasteiger charge is 2.07. The van der Waals surface area contributed by atoms with Crippen LogP contribution in [0.3, 0.4) is 0 Å². The van der Waals surface area contributed by atoms with Gasteiger partial charge in [0.05, 0.1) is 11.6 Å². The first-order chi connectivity index (χ1) is 10.2. The van der Waals surface area contributed by atoms with Crippen LogP contribution in [0.5, 0.6) is 0 Å². The van der Waals surface area contributed by atoms with Crippen molar-refractivity contribution in [3.05, 3.63) is 70.5 Å². The van der Waals surface area contributed by atoms with E-state index in [0.29, 0.717) is 12.1 Å². The minimum Gasteiger partial charge on any atom is -0.351 e. The zero-order chi connectivity index (χ0) is 15.1. The van der Waals surface area contributed by atoms with Gasteiger partial charge in [0.1, 0.15) is 5.82 Å². The highest BCUT2D eigenvalue weighted by Crippen LogP contribution is 2.17. The van der Waals surface area contributed by atoms with E-state index in [-0.39, 0.29) is 24.0 Å². The molecule has 0 aromatic heterocycles. The summed E-state index contributed by atoms with van der Waals surface area (Å²) in [5.41, 5.74) is 1.48. The Morgan fingerprint density at radius 1 is 1.05 bits per heavy atom. The predicted molar refractivity (Wildman–Crippen MR) is 81.4 cm³/mol. The monoisotopic (exact) mass is 306 g/mol. The van der Waals surface area contributed by atoms with E-state index >= 15 is 0 Å². The normalized spacial score (nSPS) is 10.4.